The molecule has 7 nitrogen and oxygen atoms in total. The maximum absolute atomic E-state index is 10.2. The summed E-state index contributed by atoms with van der Waals surface area (Å²) in [6, 6.07) is 0.248. The Morgan fingerprint density at radius 2 is 1.65 bits per heavy atom. The fraction of sp³-hybridized carbons (Fsp3) is 0.769. The Hall–Kier alpha value is -1.63. The zero-order valence-electron chi connectivity index (χ0n) is 12.7. The van der Waals surface area contributed by atoms with E-state index in [0.717, 1.165) is 13.0 Å². The first-order chi connectivity index (χ1) is 9.56. The van der Waals surface area contributed by atoms with Crippen LogP contribution in [-0.2, 0) is 0 Å². The van der Waals surface area contributed by atoms with Crippen molar-refractivity contribution in [3.8, 4) is 6.01 Å². The molecule has 0 aliphatic rings. The highest BCUT2D eigenvalue weighted by Crippen LogP contribution is 2.16. The quantitative estimate of drug-likeness (QED) is 0.634. The van der Waals surface area contributed by atoms with Crippen LogP contribution in [-0.4, -0.2) is 45.9 Å². The molecule has 1 aromatic heterocycles. The zero-order valence-corrected chi connectivity index (χ0v) is 12.7. The Morgan fingerprint density at radius 3 is 2.15 bits per heavy atom. The third kappa shape index (κ3) is 4.80. The molecule has 20 heavy (non-hydrogen) atoms. The average Bonchev–Trinajstić information content (AvgIpc) is 2.50. The number of rotatable bonds is 9. The van der Waals surface area contributed by atoms with Crippen LogP contribution in [0.4, 0.5) is 11.9 Å². The van der Waals surface area contributed by atoms with E-state index in [1.54, 1.807) is 0 Å². The summed E-state index contributed by atoms with van der Waals surface area (Å²) in [4.78, 5) is 12.5. The lowest BCUT2D eigenvalue weighted by atomic mass is 9.98. The number of methoxy groups -OCH3 is 1. The van der Waals surface area contributed by atoms with Crippen molar-refractivity contribution in [2.75, 3.05) is 30.8 Å². The van der Waals surface area contributed by atoms with Crippen molar-refractivity contribution >= 4 is 11.9 Å². The molecule has 0 bridgehead atoms. The minimum absolute atomic E-state index is 0.248. The first-order valence-corrected chi connectivity index (χ1v) is 7.07. The average molecular weight is 283 g/mol. The van der Waals surface area contributed by atoms with Gasteiger partial charge in [-0.05, 0) is 19.3 Å². The van der Waals surface area contributed by atoms with Gasteiger partial charge in [-0.2, -0.15) is 15.0 Å². The molecule has 1 heterocycles. The number of aliphatic hydroxyl groups is 1. The van der Waals surface area contributed by atoms with E-state index in [-0.39, 0.29) is 6.01 Å². The van der Waals surface area contributed by atoms with Gasteiger partial charge in [-0.15, -0.1) is 0 Å². The van der Waals surface area contributed by atoms with Crippen molar-refractivity contribution in [2.24, 2.45) is 0 Å². The molecule has 0 fully saturated rings. The lowest BCUT2D eigenvalue weighted by Crippen LogP contribution is -2.35. The van der Waals surface area contributed by atoms with E-state index >= 15 is 0 Å². The van der Waals surface area contributed by atoms with Gasteiger partial charge in [0.2, 0.25) is 11.9 Å². The second-order valence-corrected chi connectivity index (χ2v) is 4.68. The number of anilines is 2. The molecule has 0 aliphatic heterocycles. The van der Waals surface area contributed by atoms with Crippen LogP contribution in [0.15, 0.2) is 0 Å². The molecule has 3 N–H and O–H groups in total. The molecule has 0 aliphatic carbocycles. The monoisotopic (exact) mass is 283 g/mol. The van der Waals surface area contributed by atoms with Gasteiger partial charge in [0, 0.05) is 13.1 Å². The van der Waals surface area contributed by atoms with Gasteiger partial charge in [-0.25, -0.2) is 0 Å². The van der Waals surface area contributed by atoms with Crippen molar-refractivity contribution in [3.05, 3.63) is 0 Å². The predicted molar refractivity (Wildman–Crippen MR) is 79.2 cm³/mol. The third-order valence-electron chi connectivity index (χ3n) is 3.22. The first kappa shape index (κ1) is 16.4. The minimum Gasteiger partial charge on any atom is -0.467 e. The second-order valence-electron chi connectivity index (χ2n) is 4.68. The highest BCUT2D eigenvalue weighted by Gasteiger charge is 2.22. The number of nitrogens with one attached hydrogen (secondary N) is 2. The summed E-state index contributed by atoms with van der Waals surface area (Å²) < 4.78 is 5.06. The smallest absolute Gasteiger partial charge is 0.322 e. The maximum Gasteiger partial charge on any atom is 0.322 e. The van der Waals surface area contributed by atoms with Crippen LogP contribution in [0, 0.1) is 0 Å². The highest BCUT2D eigenvalue weighted by atomic mass is 16.5. The molecular formula is C13H25N5O2. The molecule has 0 saturated carbocycles. The van der Waals surface area contributed by atoms with Crippen molar-refractivity contribution in [2.45, 2.75) is 45.6 Å². The van der Waals surface area contributed by atoms with Gasteiger partial charge in [0.1, 0.15) is 0 Å². The van der Waals surface area contributed by atoms with Crippen LogP contribution in [0.3, 0.4) is 0 Å². The van der Waals surface area contributed by atoms with Gasteiger partial charge in [-0.3, -0.25) is 0 Å². The van der Waals surface area contributed by atoms with Gasteiger partial charge in [0.25, 0.3) is 0 Å². The summed E-state index contributed by atoms with van der Waals surface area (Å²) in [6.45, 7) is 7.13. The Bertz CT molecular complexity index is 410. The normalized spacial score (nSPS) is 11.2. The van der Waals surface area contributed by atoms with Crippen molar-refractivity contribution in [3.63, 3.8) is 0 Å². The molecule has 1 aromatic rings. The molecule has 0 unspecified atom stereocenters. The van der Waals surface area contributed by atoms with Crippen LogP contribution < -0.4 is 15.4 Å². The number of nitrogens with zero attached hydrogens (tertiary/aromatic N) is 3. The fourth-order valence-electron chi connectivity index (χ4n) is 1.59. The van der Waals surface area contributed by atoms with Gasteiger partial charge >= 0.3 is 6.01 Å². The largest absolute Gasteiger partial charge is 0.467 e. The number of aromatic nitrogens is 3. The van der Waals surface area contributed by atoms with E-state index in [4.69, 9.17) is 4.74 Å². The lowest BCUT2D eigenvalue weighted by Gasteiger charge is -2.25. The predicted octanol–water partition coefficient (Wildman–Crippen LogP) is 1.67. The van der Waals surface area contributed by atoms with Crippen LogP contribution in [0.2, 0.25) is 0 Å². The van der Waals surface area contributed by atoms with Gasteiger partial charge in [0.15, 0.2) is 0 Å². The molecule has 0 radical (unpaired) electrons. The molecule has 0 atom stereocenters. The summed E-state index contributed by atoms with van der Waals surface area (Å²) in [5, 5.41) is 16.4. The maximum atomic E-state index is 10.2. The number of hydrogen-bond acceptors (Lipinski definition) is 7. The highest BCUT2D eigenvalue weighted by molar-refractivity contribution is 5.36. The van der Waals surface area contributed by atoms with E-state index in [2.05, 4.69) is 32.5 Å². The molecule has 0 saturated heterocycles. The topological polar surface area (TPSA) is 92.2 Å². The standard InChI is InChI=1S/C13H25N5O2/c1-5-8-14-10-16-11(18-12(17-10)20-4)15-9-13(19,6-2)7-3/h19H,5-9H2,1-4H3,(H2,14,15,16,17,18). The Balaban J connectivity index is 2.77. The molecule has 1 rings (SSSR count). The fourth-order valence-corrected chi connectivity index (χ4v) is 1.59. The summed E-state index contributed by atoms with van der Waals surface area (Å²) in [7, 11) is 1.51. The minimum atomic E-state index is -0.753. The SMILES string of the molecule is CCCNc1nc(NCC(O)(CC)CC)nc(OC)n1. The van der Waals surface area contributed by atoms with E-state index < -0.39 is 5.60 Å². The number of ether oxygens (including phenoxy) is 1. The summed E-state index contributed by atoms with van der Waals surface area (Å²) in [6.07, 6.45) is 2.31. The van der Waals surface area contributed by atoms with E-state index in [1.165, 1.54) is 7.11 Å². The van der Waals surface area contributed by atoms with Gasteiger partial charge in [-0.1, -0.05) is 20.8 Å². The van der Waals surface area contributed by atoms with Crippen molar-refractivity contribution < 1.29 is 9.84 Å². The summed E-state index contributed by atoms with van der Waals surface area (Å²) in [5.41, 5.74) is -0.753. The molecule has 0 amide bonds. The molecule has 7 heteroatoms. The molecule has 0 spiro atoms. The molecular weight excluding hydrogens is 258 g/mol. The third-order valence-corrected chi connectivity index (χ3v) is 3.22. The second kappa shape index (κ2) is 7.84. The van der Waals surface area contributed by atoms with E-state index in [0.29, 0.717) is 31.3 Å². The van der Waals surface area contributed by atoms with Crippen molar-refractivity contribution in [1.82, 2.24) is 15.0 Å². The summed E-state index contributed by atoms with van der Waals surface area (Å²) >= 11 is 0. The zero-order chi connectivity index (χ0) is 15.0. The Kier molecular flexibility index (Phi) is 6.44. The number of hydrogen-bond donors (Lipinski definition) is 3. The Morgan fingerprint density at radius 1 is 1.05 bits per heavy atom. The van der Waals surface area contributed by atoms with E-state index in [9.17, 15) is 5.11 Å². The van der Waals surface area contributed by atoms with Crippen molar-refractivity contribution in [1.29, 1.82) is 0 Å². The van der Waals surface area contributed by atoms with Gasteiger partial charge in [0.05, 0.1) is 12.7 Å². The lowest BCUT2D eigenvalue weighted by molar-refractivity contribution is 0.0455. The van der Waals surface area contributed by atoms with Crippen LogP contribution >= 0.6 is 0 Å². The molecule has 114 valence electrons. The molecule has 0 aromatic carbocycles. The van der Waals surface area contributed by atoms with Gasteiger partial charge < -0.3 is 20.5 Å². The van der Waals surface area contributed by atoms with Crippen LogP contribution in [0.1, 0.15) is 40.0 Å². The Labute approximate surface area is 120 Å². The summed E-state index contributed by atoms with van der Waals surface area (Å²) in [5.74, 6) is 0.869. The first-order valence-electron chi connectivity index (χ1n) is 7.07. The van der Waals surface area contributed by atoms with E-state index in [1.807, 2.05) is 13.8 Å². The van der Waals surface area contributed by atoms with Crippen LogP contribution in [0.25, 0.3) is 0 Å². The van der Waals surface area contributed by atoms with Crippen LogP contribution in [0.5, 0.6) is 6.01 Å².